The normalized spacial score (nSPS) is 22.1. The number of carbonyl (C=O) groups is 2. The molecule has 3 rings (SSSR count). The molecule has 1 aromatic carbocycles. The summed E-state index contributed by atoms with van der Waals surface area (Å²) in [7, 11) is 1.83. The van der Waals surface area contributed by atoms with Crippen LogP contribution in [-0.2, 0) is 15.0 Å². The first-order valence-corrected chi connectivity index (χ1v) is 6.04. The van der Waals surface area contributed by atoms with E-state index in [1.54, 1.807) is 4.90 Å². The first kappa shape index (κ1) is 10.5. The van der Waals surface area contributed by atoms with E-state index in [-0.39, 0.29) is 11.7 Å². The van der Waals surface area contributed by atoms with Crippen molar-refractivity contribution in [3.63, 3.8) is 0 Å². The summed E-state index contributed by atoms with van der Waals surface area (Å²) in [6.07, 6.45) is 2.42. The monoisotopic (exact) mass is 229 g/mol. The highest BCUT2D eigenvalue weighted by atomic mass is 16.2. The topological polar surface area (TPSA) is 37.4 Å². The van der Waals surface area contributed by atoms with Crippen LogP contribution in [0.3, 0.4) is 0 Å². The van der Waals surface area contributed by atoms with Gasteiger partial charge in [0.05, 0.1) is 5.41 Å². The quantitative estimate of drug-likeness (QED) is 0.682. The maximum absolute atomic E-state index is 12.5. The van der Waals surface area contributed by atoms with Gasteiger partial charge in [0.2, 0.25) is 5.91 Å². The summed E-state index contributed by atoms with van der Waals surface area (Å²) < 4.78 is 0. The number of fused-ring (bicyclic) bond motifs is 2. The standard InChI is InChI=1S/C14H15NO2/c1-15-12-5-3-2-4-11(12)14(13(15)17)8-6-10(16)7-9-14/h2-5H,6-9H2,1H3. The Kier molecular flexibility index (Phi) is 2.12. The summed E-state index contributed by atoms with van der Waals surface area (Å²) in [5, 5.41) is 0. The number of amides is 1. The second-order valence-corrected chi connectivity index (χ2v) is 5.00. The molecule has 0 saturated heterocycles. The Hall–Kier alpha value is -1.64. The number of benzene rings is 1. The van der Waals surface area contributed by atoms with Crippen LogP contribution in [0.1, 0.15) is 31.2 Å². The Labute approximate surface area is 100 Å². The number of likely N-dealkylation sites (N-methyl/N-ethyl adjacent to an activating group) is 1. The molecule has 1 spiro atoms. The van der Waals surface area contributed by atoms with E-state index in [0.717, 1.165) is 11.3 Å². The van der Waals surface area contributed by atoms with Crippen molar-refractivity contribution < 1.29 is 9.59 Å². The molecule has 0 N–H and O–H groups in total. The first-order chi connectivity index (χ1) is 8.15. The van der Waals surface area contributed by atoms with Crippen LogP contribution < -0.4 is 4.90 Å². The molecule has 17 heavy (non-hydrogen) atoms. The molecule has 1 aliphatic heterocycles. The number of ketones is 1. The maximum atomic E-state index is 12.5. The lowest BCUT2D eigenvalue weighted by molar-refractivity contribution is -0.127. The Morgan fingerprint density at radius 3 is 2.47 bits per heavy atom. The molecular formula is C14H15NO2. The van der Waals surface area contributed by atoms with E-state index in [4.69, 9.17) is 0 Å². The number of Topliss-reactive ketones (excluding diaryl/α,β-unsaturated/α-hetero) is 1. The molecule has 0 bridgehead atoms. The van der Waals surface area contributed by atoms with Crippen molar-refractivity contribution in [2.24, 2.45) is 0 Å². The molecule has 1 fully saturated rings. The van der Waals surface area contributed by atoms with Crippen LogP contribution in [0.2, 0.25) is 0 Å². The lowest BCUT2D eigenvalue weighted by atomic mass is 9.70. The van der Waals surface area contributed by atoms with Crippen molar-refractivity contribution in [3.8, 4) is 0 Å². The van der Waals surface area contributed by atoms with Gasteiger partial charge < -0.3 is 4.90 Å². The molecule has 0 aromatic heterocycles. The van der Waals surface area contributed by atoms with E-state index in [1.807, 2.05) is 31.3 Å². The number of nitrogens with zero attached hydrogens (tertiary/aromatic N) is 1. The van der Waals surface area contributed by atoms with E-state index >= 15 is 0 Å². The minimum Gasteiger partial charge on any atom is -0.314 e. The van der Waals surface area contributed by atoms with Crippen LogP contribution in [0.4, 0.5) is 5.69 Å². The highest BCUT2D eigenvalue weighted by molar-refractivity contribution is 6.08. The van der Waals surface area contributed by atoms with Crippen LogP contribution in [0.15, 0.2) is 24.3 Å². The summed E-state index contributed by atoms with van der Waals surface area (Å²) in [6, 6.07) is 7.95. The fourth-order valence-electron chi connectivity index (χ4n) is 3.16. The molecule has 1 amide bonds. The molecule has 2 aliphatic rings. The fourth-order valence-corrected chi connectivity index (χ4v) is 3.16. The Balaban J connectivity index is 2.12. The van der Waals surface area contributed by atoms with Gasteiger partial charge in [0.15, 0.2) is 0 Å². The molecule has 3 heteroatoms. The van der Waals surface area contributed by atoms with Gasteiger partial charge in [0, 0.05) is 25.6 Å². The third-order valence-corrected chi connectivity index (χ3v) is 4.16. The van der Waals surface area contributed by atoms with Gasteiger partial charge >= 0.3 is 0 Å². The predicted molar refractivity (Wildman–Crippen MR) is 65.0 cm³/mol. The number of anilines is 1. The molecule has 1 heterocycles. The molecule has 88 valence electrons. The van der Waals surface area contributed by atoms with Gasteiger partial charge in [0.25, 0.3) is 0 Å². The third-order valence-electron chi connectivity index (χ3n) is 4.16. The van der Waals surface area contributed by atoms with Crippen molar-refractivity contribution >= 4 is 17.4 Å². The number of rotatable bonds is 0. The van der Waals surface area contributed by atoms with Crippen molar-refractivity contribution in [2.75, 3.05) is 11.9 Å². The van der Waals surface area contributed by atoms with Gasteiger partial charge in [-0.1, -0.05) is 18.2 Å². The first-order valence-electron chi connectivity index (χ1n) is 6.04. The van der Waals surface area contributed by atoms with Crippen molar-refractivity contribution in [2.45, 2.75) is 31.1 Å². The van der Waals surface area contributed by atoms with Crippen LogP contribution in [0, 0.1) is 0 Å². The average Bonchev–Trinajstić information content (AvgIpc) is 2.57. The summed E-state index contributed by atoms with van der Waals surface area (Å²) in [6.45, 7) is 0. The molecule has 1 aliphatic carbocycles. The molecule has 3 nitrogen and oxygen atoms in total. The van der Waals surface area contributed by atoms with Gasteiger partial charge in [-0.2, -0.15) is 0 Å². The third kappa shape index (κ3) is 1.28. The SMILES string of the molecule is CN1C(=O)C2(CCC(=O)CC2)c2ccccc21. The van der Waals surface area contributed by atoms with Crippen molar-refractivity contribution in [1.29, 1.82) is 0 Å². The smallest absolute Gasteiger partial charge is 0.237 e. The average molecular weight is 229 g/mol. The minimum atomic E-state index is -0.417. The Morgan fingerprint density at radius 1 is 1.12 bits per heavy atom. The highest BCUT2D eigenvalue weighted by Gasteiger charge is 2.50. The molecular weight excluding hydrogens is 214 g/mol. The molecule has 0 radical (unpaired) electrons. The second kappa shape index (κ2) is 3.42. The second-order valence-electron chi connectivity index (χ2n) is 5.00. The summed E-state index contributed by atoms with van der Waals surface area (Å²) in [5.74, 6) is 0.446. The fraction of sp³-hybridized carbons (Fsp3) is 0.429. The zero-order valence-electron chi connectivity index (χ0n) is 9.90. The number of hydrogen-bond donors (Lipinski definition) is 0. The van der Waals surface area contributed by atoms with Gasteiger partial charge in [-0.25, -0.2) is 0 Å². The highest BCUT2D eigenvalue weighted by Crippen LogP contribution is 2.48. The van der Waals surface area contributed by atoms with Crippen molar-refractivity contribution in [3.05, 3.63) is 29.8 Å². The van der Waals surface area contributed by atoms with Gasteiger partial charge in [-0.05, 0) is 24.5 Å². The van der Waals surface area contributed by atoms with Crippen LogP contribution >= 0.6 is 0 Å². The zero-order chi connectivity index (χ0) is 12.0. The van der Waals surface area contributed by atoms with Gasteiger partial charge in [-0.15, -0.1) is 0 Å². The molecule has 0 atom stereocenters. The van der Waals surface area contributed by atoms with Crippen molar-refractivity contribution in [1.82, 2.24) is 0 Å². The van der Waals surface area contributed by atoms with Gasteiger partial charge in [0.1, 0.15) is 5.78 Å². The van der Waals surface area contributed by atoms with Crippen LogP contribution in [-0.4, -0.2) is 18.7 Å². The number of para-hydroxylation sites is 1. The van der Waals surface area contributed by atoms with E-state index in [1.165, 1.54) is 0 Å². The maximum Gasteiger partial charge on any atom is 0.237 e. The van der Waals surface area contributed by atoms with E-state index in [2.05, 4.69) is 0 Å². The largest absolute Gasteiger partial charge is 0.314 e. The minimum absolute atomic E-state index is 0.159. The Bertz CT molecular complexity index is 497. The lowest BCUT2D eigenvalue weighted by Gasteiger charge is -2.31. The lowest BCUT2D eigenvalue weighted by Crippen LogP contribution is -2.41. The number of hydrogen-bond acceptors (Lipinski definition) is 2. The van der Waals surface area contributed by atoms with Crippen LogP contribution in [0.25, 0.3) is 0 Å². The predicted octanol–water partition coefficient (Wildman–Crippen LogP) is 2.04. The Morgan fingerprint density at radius 2 is 1.76 bits per heavy atom. The zero-order valence-corrected chi connectivity index (χ0v) is 9.90. The van der Waals surface area contributed by atoms with E-state index in [9.17, 15) is 9.59 Å². The molecule has 1 aromatic rings. The summed E-state index contributed by atoms with van der Waals surface area (Å²) in [4.78, 5) is 25.6. The molecule has 1 saturated carbocycles. The summed E-state index contributed by atoms with van der Waals surface area (Å²) >= 11 is 0. The van der Waals surface area contributed by atoms with E-state index < -0.39 is 5.41 Å². The molecule has 0 unspecified atom stereocenters. The van der Waals surface area contributed by atoms with Gasteiger partial charge in [-0.3, -0.25) is 9.59 Å². The summed E-state index contributed by atoms with van der Waals surface area (Å²) in [5.41, 5.74) is 1.70. The van der Waals surface area contributed by atoms with Crippen LogP contribution in [0.5, 0.6) is 0 Å². The number of carbonyl (C=O) groups excluding carboxylic acids is 2. The van der Waals surface area contributed by atoms with E-state index in [0.29, 0.717) is 25.7 Å².